The van der Waals surface area contributed by atoms with Crippen molar-refractivity contribution in [3.63, 3.8) is 0 Å². The summed E-state index contributed by atoms with van der Waals surface area (Å²) in [6, 6.07) is 1.93. The fourth-order valence-corrected chi connectivity index (χ4v) is 1.61. The Bertz CT molecular complexity index is 370. The molecule has 0 aliphatic carbocycles. The van der Waals surface area contributed by atoms with Gasteiger partial charge in [0.15, 0.2) is 0 Å². The largest absolute Gasteiger partial charge is 0.383 e. The summed E-state index contributed by atoms with van der Waals surface area (Å²) >= 11 is 0. The number of aryl methyl sites for hydroxylation is 1. The Morgan fingerprint density at radius 1 is 1.21 bits per heavy atom. The van der Waals surface area contributed by atoms with Crippen molar-refractivity contribution in [2.75, 3.05) is 58.1 Å². The van der Waals surface area contributed by atoms with Crippen LogP contribution in [-0.4, -0.2) is 62.3 Å². The van der Waals surface area contributed by atoms with Crippen molar-refractivity contribution in [1.29, 1.82) is 0 Å². The van der Waals surface area contributed by atoms with Crippen molar-refractivity contribution in [2.45, 2.75) is 13.3 Å². The van der Waals surface area contributed by atoms with E-state index in [9.17, 15) is 0 Å². The van der Waals surface area contributed by atoms with Crippen LogP contribution in [0.15, 0.2) is 6.07 Å². The van der Waals surface area contributed by atoms with Gasteiger partial charge < -0.3 is 20.3 Å². The van der Waals surface area contributed by atoms with E-state index in [0.29, 0.717) is 12.6 Å². The highest BCUT2D eigenvalue weighted by Crippen LogP contribution is 2.09. The lowest BCUT2D eigenvalue weighted by atomic mass is 10.4. The fourth-order valence-electron chi connectivity index (χ4n) is 1.61. The summed E-state index contributed by atoms with van der Waals surface area (Å²) < 4.78 is 5.00. The number of nitrogens with zero attached hydrogens (tertiary/aromatic N) is 3. The third-order valence-electron chi connectivity index (χ3n) is 2.53. The quantitative estimate of drug-likeness (QED) is 0.656. The Labute approximate surface area is 115 Å². The van der Waals surface area contributed by atoms with Gasteiger partial charge in [0.05, 0.1) is 6.61 Å². The molecule has 0 amide bonds. The first kappa shape index (κ1) is 15.7. The summed E-state index contributed by atoms with van der Waals surface area (Å²) in [5.41, 5.74) is 0.949. The van der Waals surface area contributed by atoms with Crippen molar-refractivity contribution in [3.8, 4) is 0 Å². The van der Waals surface area contributed by atoms with E-state index in [1.54, 1.807) is 7.11 Å². The molecule has 1 rings (SSSR count). The fraction of sp³-hybridized carbons (Fsp3) is 0.692. The highest BCUT2D eigenvalue weighted by Gasteiger charge is 2.01. The molecule has 6 nitrogen and oxygen atoms in total. The topological polar surface area (TPSA) is 62.3 Å². The molecule has 0 fully saturated rings. The summed E-state index contributed by atoms with van der Waals surface area (Å²) in [5.74, 6) is 1.51. The van der Waals surface area contributed by atoms with Gasteiger partial charge >= 0.3 is 0 Å². The number of ether oxygens (including phenoxy) is 1. The molecule has 1 heterocycles. The van der Waals surface area contributed by atoms with Crippen LogP contribution >= 0.6 is 0 Å². The molecule has 0 aliphatic heterocycles. The molecular weight excluding hydrogens is 242 g/mol. The van der Waals surface area contributed by atoms with Gasteiger partial charge in [0, 0.05) is 32.0 Å². The SMILES string of the molecule is COCCNc1cc(C)nc(NCCCN(C)C)n1. The molecule has 0 saturated heterocycles. The van der Waals surface area contributed by atoms with Crippen molar-refractivity contribution >= 4 is 11.8 Å². The Kier molecular flexibility index (Phi) is 7.14. The molecule has 0 spiro atoms. The second-order valence-corrected chi connectivity index (χ2v) is 4.72. The van der Waals surface area contributed by atoms with Crippen LogP contribution in [0.4, 0.5) is 11.8 Å². The Morgan fingerprint density at radius 3 is 2.68 bits per heavy atom. The number of nitrogens with one attached hydrogen (secondary N) is 2. The lowest BCUT2D eigenvalue weighted by molar-refractivity contribution is 0.210. The highest BCUT2D eigenvalue weighted by molar-refractivity contribution is 5.42. The van der Waals surface area contributed by atoms with Gasteiger partial charge in [-0.1, -0.05) is 0 Å². The number of rotatable bonds is 9. The Hall–Kier alpha value is -1.40. The van der Waals surface area contributed by atoms with Gasteiger partial charge in [0.25, 0.3) is 0 Å². The molecule has 1 aromatic rings. The van der Waals surface area contributed by atoms with Gasteiger partial charge in [-0.2, -0.15) is 4.98 Å². The Morgan fingerprint density at radius 2 is 2.00 bits per heavy atom. The molecular formula is C13H25N5O. The normalized spacial score (nSPS) is 10.8. The van der Waals surface area contributed by atoms with E-state index in [4.69, 9.17) is 4.74 Å². The van der Waals surface area contributed by atoms with Crippen LogP contribution in [0.5, 0.6) is 0 Å². The lowest BCUT2D eigenvalue weighted by Gasteiger charge is -2.11. The molecule has 1 aromatic heterocycles. The van der Waals surface area contributed by atoms with Crippen LogP contribution in [0.25, 0.3) is 0 Å². The summed E-state index contributed by atoms with van der Waals surface area (Å²) in [6.45, 7) is 5.30. The standard InChI is InChI=1S/C13H25N5O/c1-11-10-12(14-7-9-19-4)17-13(16-11)15-6-5-8-18(2)3/h10H,5-9H2,1-4H3,(H2,14,15,16,17). The zero-order valence-corrected chi connectivity index (χ0v) is 12.4. The van der Waals surface area contributed by atoms with Crippen LogP contribution in [-0.2, 0) is 4.74 Å². The first-order valence-corrected chi connectivity index (χ1v) is 6.59. The van der Waals surface area contributed by atoms with Gasteiger partial charge in [0.2, 0.25) is 5.95 Å². The third-order valence-corrected chi connectivity index (χ3v) is 2.53. The van der Waals surface area contributed by atoms with Gasteiger partial charge in [-0.15, -0.1) is 0 Å². The second kappa shape index (κ2) is 8.66. The average Bonchev–Trinajstić information content (AvgIpc) is 2.34. The maximum atomic E-state index is 5.00. The van der Waals surface area contributed by atoms with Gasteiger partial charge in [-0.25, -0.2) is 4.98 Å². The van der Waals surface area contributed by atoms with Gasteiger partial charge in [-0.05, 0) is 34.0 Å². The first-order valence-electron chi connectivity index (χ1n) is 6.59. The number of methoxy groups -OCH3 is 1. The monoisotopic (exact) mass is 267 g/mol. The number of hydrogen-bond donors (Lipinski definition) is 2. The molecule has 0 saturated carbocycles. The lowest BCUT2D eigenvalue weighted by Crippen LogP contribution is -2.17. The van der Waals surface area contributed by atoms with Crippen molar-refractivity contribution < 1.29 is 4.74 Å². The summed E-state index contributed by atoms with van der Waals surface area (Å²) in [6.07, 6.45) is 1.07. The zero-order valence-electron chi connectivity index (χ0n) is 12.4. The number of hydrogen-bond acceptors (Lipinski definition) is 6. The minimum atomic E-state index is 0.661. The zero-order chi connectivity index (χ0) is 14.1. The summed E-state index contributed by atoms with van der Waals surface area (Å²) in [5, 5.41) is 6.46. The predicted octanol–water partition coefficient (Wildman–Crippen LogP) is 1.21. The summed E-state index contributed by atoms with van der Waals surface area (Å²) in [4.78, 5) is 11.0. The number of aromatic nitrogens is 2. The van der Waals surface area contributed by atoms with Gasteiger partial charge in [0.1, 0.15) is 5.82 Å². The smallest absolute Gasteiger partial charge is 0.224 e. The molecule has 0 bridgehead atoms. The van der Waals surface area contributed by atoms with E-state index in [2.05, 4.69) is 39.6 Å². The molecule has 0 atom stereocenters. The highest BCUT2D eigenvalue weighted by atomic mass is 16.5. The molecule has 6 heteroatoms. The van der Waals surface area contributed by atoms with Crippen LogP contribution in [0.2, 0.25) is 0 Å². The van der Waals surface area contributed by atoms with E-state index in [1.807, 2.05) is 13.0 Å². The maximum absolute atomic E-state index is 5.00. The molecule has 0 unspecified atom stereocenters. The minimum absolute atomic E-state index is 0.661. The number of anilines is 2. The van der Waals surface area contributed by atoms with E-state index in [1.165, 1.54) is 0 Å². The first-order chi connectivity index (χ1) is 9.11. The third kappa shape index (κ3) is 6.93. The average molecular weight is 267 g/mol. The van der Waals surface area contributed by atoms with Crippen LogP contribution < -0.4 is 10.6 Å². The van der Waals surface area contributed by atoms with Crippen LogP contribution in [0, 0.1) is 6.92 Å². The Balaban J connectivity index is 2.44. The minimum Gasteiger partial charge on any atom is -0.383 e. The molecule has 2 N–H and O–H groups in total. The van der Waals surface area contributed by atoms with Crippen molar-refractivity contribution in [3.05, 3.63) is 11.8 Å². The molecule has 0 aliphatic rings. The van der Waals surface area contributed by atoms with E-state index in [-0.39, 0.29) is 0 Å². The van der Waals surface area contributed by atoms with Crippen molar-refractivity contribution in [1.82, 2.24) is 14.9 Å². The van der Waals surface area contributed by atoms with Gasteiger partial charge in [-0.3, -0.25) is 0 Å². The summed E-state index contributed by atoms with van der Waals surface area (Å²) in [7, 11) is 5.83. The molecule has 0 aromatic carbocycles. The molecule has 0 radical (unpaired) electrons. The maximum Gasteiger partial charge on any atom is 0.224 e. The van der Waals surface area contributed by atoms with Crippen LogP contribution in [0.1, 0.15) is 12.1 Å². The van der Waals surface area contributed by atoms with E-state index in [0.717, 1.165) is 37.6 Å². The van der Waals surface area contributed by atoms with E-state index < -0.39 is 0 Å². The van der Waals surface area contributed by atoms with Crippen LogP contribution in [0.3, 0.4) is 0 Å². The van der Waals surface area contributed by atoms with Crippen molar-refractivity contribution in [2.24, 2.45) is 0 Å². The molecule has 19 heavy (non-hydrogen) atoms. The predicted molar refractivity (Wildman–Crippen MR) is 78.8 cm³/mol. The molecule has 108 valence electrons. The second-order valence-electron chi connectivity index (χ2n) is 4.72. The van der Waals surface area contributed by atoms with E-state index >= 15 is 0 Å².